The van der Waals surface area contributed by atoms with Gasteiger partial charge in [0.15, 0.2) is 5.11 Å². The van der Waals surface area contributed by atoms with Crippen molar-refractivity contribution in [2.75, 3.05) is 10.7 Å². The highest BCUT2D eigenvalue weighted by Gasteiger charge is 2.11. The van der Waals surface area contributed by atoms with Crippen LogP contribution in [0.1, 0.15) is 0 Å². The minimum atomic E-state index is -0.556. The van der Waals surface area contributed by atoms with Crippen LogP contribution in [0.2, 0.25) is 5.02 Å². The predicted molar refractivity (Wildman–Crippen MR) is 94.2 cm³/mol. The quantitative estimate of drug-likeness (QED) is 0.417. The number of halogens is 1. The highest BCUT2D eigenvalue weighted by molar-refractivity contribution is 7.80. The molecule has 11 heteroatoms. The molecule has 0 bridgehead atoms. The van der Waals surface area contributed by atoms with Crippen molar-refractivity contribution in [3.63, 3.8) is 0 Å². The second-order valence-corrected chi connectivity index (χ2v) is 5.25. The third-order valence-electron chi connectivity index (χ3n) is 2.79. The van der Waals surface area contributed by atoms with E-state index in [4.69, 9.17) is 23.8 Å². The van der Waals surface area contributed by atoms with Gasteiger partial charge >= 0.3 is 0 Å². The zero-order valence-corrected chi connectivity index (χ0v) is 13.4. The van der Waals surface area contributed by atoms with Crippen LogP contribution in [0, 0.1) is 20.2 Å². The summed E-state index contributed by atoms with van der Waals surface area (Å²) in [7, 11) is 0. The van der Waals surface area contributed by atoms with Gasteiger partial charge in [-0.25, -0.2) is 0 Å². The topological polar surface area (TPSA) is 122 Å². The number of nitrogens with one attached hydrogen (secondary N) is 3. The van der Waals surface area contributed by atoms with E-state index < -0.39 is 9.85 Å². The lowest BCUT2D eigenvalue weighted by Gasteiger charge is -2.13. The lowest BCUT2D eigenvalue weighted by Crippen LogP contribution is -2.33. The molecule has 0 saturated heterocycles. The van der Waals surface area contributed by atoms with E-state index in [9.17, 15) is 20.2 Å². The summed E-state index contributed by atoms with van der Waals surface area (Å²) >= 11 is 11.0. The van der Waals surface area contributed by atoms with Gasteiger partial charge in [0.25, 0.3) is 11.4 Å². The van der Waals surface area contributed by atoms with Gasteiger partial charge in [0.05, 0.1) is 26.2 Å². The minimum Gasteiger partial charge on any atom is -0.330 e. The Labute approximate surface area is 145 Å². The molecule has 0 fully saturated rings. The van der Waals surface area contributed by atoms with Crippen LogP contribution in [0.4, 0.5) is 22.7 Å². The largest absolute Gasteiger partial charge is 0.330 e. The van der Waals surface area contributed by atoms with Crippen molar-refractivity contribution in [1.29, 1.82) is 0 Å². The number of hydrazine groups is 1. The Morgan fingerprint density at radius 1 is 1.04 bits per heavy atom. The number of nitrogens with zero attached hydrogens (tertiary/aromatic N) is 2. The lowest BCUT2D eigenvalue weighted by atomic mass is 10.3. The summed E-state index contributed by atoms with van der Waals surface area (Å²) in [4.78, 5) is 20.4. The van der Waals surface area contributed by atoms with Crippen LogP contribution < -0.4 is 16.2 Å². The van der Waals surface area contributed by atoms with E-state index >= 15 is 0 Å². The molecule has 0 unspecified atom stereocenters. The molecule has 0 atom stereocenters. The van der Waals surface area contributed by atoms with E-state index in [1.165, 1.54) is 36.4 Å². The summed E-state index contributed by atoms with van der Waals surface area (Å²) in [5.74, 6) is 0. The van der Waals surface area contributed by atoms with Crippen LogP contribution >= 0.6 is 23.8 Å². The maximum Gasteiger partial charge on any atom is 0.271 e. The number of anilines is 2. The molecule has 0 aliphatic carbocycles. The second-order valence-electron chi connectivity index (χ2n) is 4.43. The first-order valence-corrected chi connectivity index (χ1v) is 7.17. The maximum atomic E-state index is 10.8. The Kier molecular flexibility index (Phi) is 5.45. The summed E-state index contributed by atoms with van der Waals surface area (Å²) in [6, 6.07) is 9.66. The van der Waals surface area contributed by atoms with Crippen molar-refractivity contribution in [1.82, 2.24) is 5.43 Å². The molecule has 2 aromatic carbocycles. The molecule has 0 heterocycles. The zero-order chi connectivity index (χ0) is 17.7. The van der Waals surface area contributed by atoms with E-state index in [-0.39, 0.29) is 27.2 Å². The van der Waals surface area contributed by atoms with E-state index in [1.807, 2.05) is 0 Å². The average molecular weight is 368 g/mol. The third-order valence-corrected chi connectivity index (χ3v) is 3.32. The maximum absolute atomic E-state index is 10.8. The molecule has 24 heavy (non-hydrogen) atoms. The normalized spacial score (nSPS) is 9.88. The number of non-ortho nitro benzene ring substituents is 2. The standard InChI is InChI=1S/C13H10ClN5O4S/c14-11-5-4-10(19(22)23)7-12(11)15-13(24)17-16-8-2-1-3-9(6-8)18(20)21/h1-7,16H,(H2,15,17,24). The van der Waals surface area contributed by atoms with Gasteiger partial charge in [0.1, 0.15) is 0 Å². The molecular weight excluding hydrogens is 358 g/mol. The van der Waals surface area contributed by atoms with Crippen LogP contribution in [0.25, 0.3) is 0 Å². The molecular formula is C13H10ClN5O4S. The molecule has 9 nitrogen and oxygen atoms in total. The van der Waals surface area contributed by atoms with Gasteiger partial charge in [-0.3, -0.25) is 31.1 Å². The Hall–Kier alpha value is -2.98. The molecule has 0 amide bonds. The fraction of sp³-hybridized carbons (Fsp3) is 0. The number of hydrogen-bond donors (Lipinski definition) is 3. The Morgan fingerprint density at radius 3 is 2.38 bits per heavy atom. The smallest absolute Gasteiger partial charge is 0.271 e. The van der Waals surface area contributed by atoms with Crippen molar-refractivity contribution < 1.29 is 9.85 Å². The molecule has 0 spiro atoms. The fourth-order valence-corrected chi connectivity index (χ4v) is 2.03. The molecule has 3 N–H and O–H groups in total. The Morgan fingerprint density at radius 2 is 1.71 bits per heavy atom. The van der Waals surface area contributed by atoms with E-state index in [0.29, 0.717) is 5.69 Å². The Balaban J connectivity index is 2.01. The van der Waals surface area contributed by atoms with Gasteiger partial charge in [-0.2, -0.15) is 0 Å². The second kappa shape index (κ2) is 7.53. The summed E-state index contributed by atoms with van der Waals surface area (Å²) in [6.07, 6.45) is 0. The van der Waals surface area contributed by atoms with Crippen molar-refractivity contribution in [3.8, 4) is 0 Å². The fourth-order valence-electron chi connectivity index (χ4n) is 1.70. The first-order valence-electron chi connectivity index (χ1n) is 6.38. The number of hydrogen-bond acceptors (Lipinski definition) is 6. The highest BCUT2D eigenvalue weighted by Crippen LogP contribution is 2.26. The van der Waals surface area contributed by atoms with Gasteiger partial charge < -0.3 is 5.32 Å². The minimum absolute atomic E-state index is 0.0731. The van der Waals surface area contributed by atoms with Gasteiger partial charge in [-0.1, -0.05) is 17.7 Å². The average Bonchev–Trinajstić information content (AvgIpc) is 2.55. The van der Waals surface area contributed by atoms with Gasteiger partial charge in [0.2, 0.25) is 0 Å². The first-order chi connectivity index (χ1) is 11.4. The van der Waals surface area contributed by atoms with Crippen LogP contribution in [0.5, 0.6) is 0 Å². The van der Waals surface area contributed by atoms with Crippen molar-refractivity contribution in [2.45, 2.75) is 0 Å². The number of benzene rings is 2. The zero-order valence-electron chi connectivity index (χ0n) is 11.9. The first kappa shape index (κ1) is 17.4. The molecule has 0 aliphatic rings. The lowest BCUT2D eigenvalue weighted by molar-refractivity contribution is -0.385. The molecule has 0 radical (unpaired) electrons. The van der Waals surface area contributed by atoms with Gasteiger partial charge in [0, 0.05) is 24.3 Å². The van der Waals surface area contributed by atoms with Gasteiger partial charge in [-0.15, -0.1) is 0 Å². The summed E-state index contributed by atoms with van der Waals surface area (Å²) in [6.45, 7) is 0. The van der Waals surface area contributed by atoms with Gasteiger partial charge in [-0.05, 0) is 24.4 Å². The number of nitro benzene ring substituents is 2. The van der Waals surface area contributed by atoms with E-state index in [2.05, 4.69) is 16.2 Å². The SMILES string of the molecule is O=[N+]([O-])c1cccc(NNC(=S)Nc2cc([N+](=O)[O-])ccc2Cl)c1. The predicted octanol–water partition coefficient (Wildman–Crippen LogP) is 3.47. The Bertz CT molecular complexity index is 817. The van der Waals surface area contributed by atoms with E-state index in [0.717, 1.165) is 0 Å². The monoisotopic (exact) mass is 367 g/mol. The number of rotatable bonds is 5. The van der Waals surface area contributed by atoms with Crippen molar-refractivity contribution >= 4 is 51.7 Å². The van der Waals surface area contributed by atoms with Crippen LogP contribution in [-0.2, 0) is 0 Å². The number of nitro groups is 2. The van der Waals surface area contributed by atoms with E-state index in [1.54, 1.807) is 6.07 Å². The number of thiocarbonyl (C=S) groups is 1. The third kappa shape index (κ3) is 4.51. The summed E-state index contributed by atoms with van der Waals surface area (Å²) in [5.41, 5.74) is 5.74. The highest BCUT2D eigenvalue weighted by atomic mass is 35.5. The summed E-state index contributed by atoms with van der Waals surface area (Å²) in [5, 5.41) is 24.5. The molecule has 0 aliphatic heterocycles. The van der Waals surface area contributed by atoms with Crippen molar-refractivity contribution in [2.24, 2.45) is 0 Å². The van der Waals surface area contributed by atoms with Crippen LogP contribution in [0.3, 0.4) is 0 Å². The molecule has 124 valence electrons. The van der Waals surface area contributed by atoms with Crippen LogP contribution in [0.15, 0.2) is 42.5 Å². The van der Waals surface area contributed by atoms with Crippen molar-refractivity contribution in [3.05, 3.63) is 67.7 Å². The molecule has 2 aromatic rings. The van der Waals surface area contributed by atoms with Crippen LogP contribution in [-0.4, -0.2) is 15.0 Å². The summed E-state index contributed by atoms with van der Waals surface area (Å²) < 4.78 is 0. The molecule has 0 aromatic heterocycles. The molecule has 2 rings (SSSR count). The molecule has 0 saturated carbocycles.